The minimum Gasteiger partial charge on any atom is -0.369 e. The van der Waals surface area contributed by atoms with Gasteiger partial charge >= 0.3 is 0 Å². The molecule has 1 aliphatic heterocycles. The average Bonchev–Trinajstić information content (AvgIpc) is 3.37. The van der Waals surface area contributed by atoms with Crippen LogP contribution in [0.25, 0.3) is 0 Å². The predicted octanol–water partition coefficient (Wildman–Crippen LogP) is 4.02. The molecule has 1 saturated carbocycles. The molecule has 0 N–H and O–H groups in total. The van der Waals surface area contributed by atoms with Crippen molar-refractivity contribution in [2.45, 2.75) is 18.4 Å². The quantitative estimate of drug-likeness (QED) is 0.844. The number of hydrogen-bond acceptors (Lipinski definition) is 2. The van der Waals surface area contributed by atoms with E-state index >= 15 is 0 Å². The Hall–Kier alpha value is -1.51. The molecule has 2 nitrogen and oxygen atoms in total. The van der Waals surface area contributed by atoms with Crippen LogP contribution < -0.4 is 4.90 Å². The minimum absolute atomic E-state index is 0.753. The second kappa shape index (κ2) is 5.94. The van der Waals surface area contributed by atoms with E-state index in [1.807, 2.05) is 12.1 Å². The van der Waals surface area contributed by atoms with Crippen LogP contribution in [0.4, 0.5) is 5.69 Å². The molecule has 0 amide bonds. The molecule has 0 unspecified atom stereocenters. The van der Waals surface area contributed by atoms with Crippen molar-refractivity contribution in [1.29, 1.82) is 0 Å². The second-order valence-electron chi connectivity index (χ2n) is 6.32. The van der Waals surface area contributed by atoms with Crippen molar-refractivity contribution in [1.82, 2.24) is 4.90 Å². The lowest BCUT2D eigenvalue weighted by molar-refractivity contribution is 0.244. The number of nitrogens with zero attached hydrogens (tertiary/aromatic N) is 2. The Morgan fingerprint density at radius 3 is 2.18 bits per heavy atom. The second-order valence-corrected chi connectivity index (χ2v) is 6.76. The molecule has 22 heavy (non-hydrogen) atoms. The molecule has 0 bridgehead atoms. The minimum atomic E-state index is 0.753. The molecular formula is C19H21ClN2. The monoisotopic (exact) mass is 312 g/mol. The maximum absolute atomic E-state index is 5.97. The van der Waals surface area contributed by atoms with Gasteiger partial charge in [0, 0.05) is 48.8 Å². The first-order valence-electron chi connectivity index (χ1n) is 8.11. The van der Waals surface area contributed by atoms with Crippen LogP contribution in [-0.2, 0) is 0 Å². The summed E-state index contributed by atoms with van der Waals surface area (Å²) in [5.74, 6) is 0.753. The lowest BCUT2D eigenvalue weighted by atomic mass is 10.1. The highest BCUT2D eigenvalue weighted by molar-refractivity contribution is 6.30. The van der Waals surface area contributed by atoms with Crippen LogP contribution in [0.15, 0.2) is 54.6 Å². The van der Waals surface area contributed by atoms with Gasteiger partial charge < -0.3 is 4.90 Å². The summed E-state index contributed by atoms with van der Waals surface area (Å²) in [5.41, 5.74) is 2.80. The van der Waals surface area contributed by atoms with Gasteiger partial charge in [-0.3, -0.25) is 4.90 Å². The highest BCUT2D eigenvalue weighted by Gasteiger charge is 2.43. The van der Waals surface area contributed by atoms with E-state index in [9.17, 15) is 0 Å². The fourth-order valence-corrected chi connectivity index (χ4v) is 3.73. The fraction of sp³-hybridized carbons (Fsp3) is 0.368. The van der Waals surface area contributed by atoms with Gasteiger partial charge in [-0.25, -0.2) is 0 Å². The van der Waals surface area contributed by atoms with Gasteiger partial charge in [0.05, 0.1) is 0 Å². The Balaban J connectivity index is 1.34. The van der Waals surface area contributed by atoms with Gasteiger partial charge in [-0.1, -0.05) is 41.9 Å². The van der Waals surface area contributed by atoms with Crippen molar-refractivity contribution >= 4 is 17.3 Å². The summed E-state index contributed by atoms with van der Waals surface area (Å²) in [5, 5.41) is 0.811. The van der Waals surface area contributed by atoms with Crippen LogP contribution in [0.2, 0.25) is 5.02 Å². The fourth-order valence-electron chi connectivity index (χ4n) is 3.61. The van der Waals surface area contributed by atoms with E-state index in [2.05, 4.69) is 52.3 Å². The number of benzene rings is 2. The molecule has 114 valence electrons. The summed E-state index contributed by atoms with van der Waals surface area (Å²) >= 11 is 5.97. The number of rotatable bonds is 3. The first-order valence-corrected chi connectivity index (χ1v) is 8.48. The molecule has 4 rings (SSSR count). The summed E-state index contributed by atoms with van der Waals surface area (Å²) in [6.45, 7) is 4.55. The molecule has 2 fully saturated rings. The van der Waals surface area contributed by atoms with E-state index in [1.165, 1.54) is 17.7 Å². The van der Waals surface area contributed by atoms with Gasteiger partial charge in [-0.05, 0) is 36.2 Å². The number of hydrogen-bond donors (Lipinski definition) is 0. The molecular weight excluding hydrogens is 292 g/mol. The van der Waals surface area contributed by atoms with Crippen LogP contribution in [0.5, 0.6) is 0 Å². The van der Waals surface area contributed by atoms with Gasteiger partial charge in [0.2, 0.25) is 0 Å². The zero-order chi connectivity index (χ0) is 14.9. The molecule has 2 aromatic carbocycles. The van der Waals surface area contributed by atoms with E-state index in [0.717, 1.165) is 43.2 Å². The third kappa shape index (κ3) is 2.86. The SMILES string of the molecule is Clc1ccc(N2CCN([C@@H]3C[C@H]3c3ccccc3)CC2)cc1. The molecule has 1 heterocycles. The molecule has 1 saturated heterocycles. The van der Waals surface area contributed by atoms with Crippen LogP contribution in [0.3, 0.4) is 0 Å². The molecule has 0 spiro atoms. The molecule has 3 heteroatoms. The van der Waals surface area contributed by atoms with E-state index in [1.54, 1.807) is 0 Å². The third-order valence-corrected chi connectivity index (χ3v) is 5.21. The van der Waals surface area contributed by atoms with Crippen molar-refractivity contribution in [3.63, 3.8) is 0 Å². The van der Waals surface area contributed by atoms with Crippen LogP contribution in [-0.4, -0.2) is 37.1 Å². The van der Waals surface area contributed by atoms with E-state index < -0.39 is 0 Å². The number of halogens is 1. The van der Waals surface area contributed by atoms with Crippen LogP contribution >= 0.6 is 11.6 Å². The molecule has 0 aromatic heterocycles. The van der Waals surface area contributed by atoms with Crippen LogP contribution in [0.1, 0.15) is 17.9 Å². The predicted molar refractivity (Wildman–Crippen MR) is 92.8 cm³/mol. The Kier molecular flexibility index (Phi) is 3.81. The smallest absolute Gasteiger partial charge is 0.0407 e. The van der Waals surface area contributed by atoms with Crippen molar-refractivity contribution in [3.05, 3.63) is 65.2 Å². The van der Waals surface area contributed by atoms with Gasteiger partial charge in [-0.2, -0.15) is 0 Å². The number of piperazine rings is 1. The Bertz CT molecular complexity index is 618. The lowest BCUT2D eigenvalue weighted by Crippen LogP contribution is -2.47. The van der Waals surface area contributed by atoms with Crippen molar-refractivity contribution in [3.8, 4) is 0 Å². The zero-order valence-corrected chi connectivity index (χ0v) is 13.4. The normalized spacial score (nSPS) is 25.2. The summed E-state index contributed by atoms with van der Waals surface area (Å²) in [4.78, 5) is 5.14. The van der Waals surface area contributed by atoms with Crippen molar-refractivity contribution in [2.75, 3.05) is 31.1 Å². The van der Waals surface area contributed by atoms with E-state index in [4.69, 9.17) is 11.6 Å². The molecule has 2 atom stereocenters. The summed E-state index contributed by atoms with van der Waals surface area (Å²) in [6, 6.07) is 19.9. The summed E-state index contributed by atoms with van der Waals surface area (Å²) in [6.07, 6.45) is 1.32. The molecule has 2 aliphatic rings. The molecule has 1 aliphatic carbocycles. The Morgan fingerprint density at radius 2 is 1.50 bits per heavy atom. The van der Waals surface area contributed by atoms with Crippen molar-refractivity contribution < 1.29 is 0 Å². The van der Waals surface area contributed by atoms with Crippen LogP contribution in [0, 0.1) is 0 Å². The van der Waals surface area contributed by atoms with Gasteiger partial charge in [0.25, 0.3) is 0 Å². The summed E-state index contributed by atoms with van der Waals surface area (Å²) in [7, 11) is 0. The zero-order valence-electron chi connectivity index (χ0n) is 12.7. The third-order valence-electron chi connectivity index (χ3n) is 4.96. The Morgan fingerprint density at radius 1 is 0.818 bits per heavy atom. The molecule has 2 aromatic rings. The highest BCUT2D eigenvalue weighted by atomic mass is 35.5. The maximum Gasteiger partial charge on any atom is 0.0407 e. The van der Waals surface area contributed by atoms with Gasteiger partial charge in [-0.15, -0.1) is 0 Å². The topological polar surface area (TPSA) is 6.48 Å². The Labute approximate surface area is 137 Å². The largest absolute Gasteiger partial charge is 0.369 e. The van der Waals surface area contributed by atoms with Gasteiger partial charge in [0.15, 0.2) is 0 Å². The van der Waals surface area contributed by atoms with E-state index in [0.29, 0.717) is 0 Å². The van der Waals surface area contributed by atoms with E-state index in [-0.39, 0.29) is 0 Å². The first kappa shape index (κ1) is 14.1. The van der Waals surface area contributed by atoms with Crippen molar-refractivity contribution in [2.24, 2.45) is 0 Å². The number of anilines is 1. The lowest BCUT2D eigenvalue weighted by Gasteiger charge is -2.36. The first-order chi connectivity index (χ1) is 10.8. The standard InChI is InChI=1S/C19H21ClN2/c20-16-6-8-17(9-7-16)21-10-12-22(13-11-21)19-14-18(19)15-4-2-1-3-5-15/h1-9,18-19H,10-14H2/t18-,19+/m0/s1. The maximum atomic E-state index is 5.97. The summed E-state index contributed by atoms with van der Waals surface area (Å²) < 4.78 is 0. The van der Waals surface area contributed by atoms with Gasteiger partial charge in [0.1, 0.15) is 0 Å². The highest BCUT2D eigenvalue weighted by Crippen LogP contribution is 2.44. The molecule has 0 radical (unpaired) electrons. The average molecular weight is 313 g/mol.